The van der Waals surface area contributed by atoms with Gasteiger partial charge < -0.3 is 10.4 Å². The monoisotopic (exact) mass is 263 g/mol. The third-order valence-electron chi connectivity index (χ3n) is 3.16. The van der Waals surface area contributed by atoms with Gasteiger partial charge in [0.05, 0.1) is 12.1 Å². The minimum absolute atomic E-state index is 0.0213. The zero-order chi connectivity index (χ0) is 14.5. The fourth-order valence-corrected chi connectivity index (χ4v) is 1.81. The molecule has 3 heteroatoms. The van der Waals surface area contributed by atoms with Crippen LogP contribution < -0.4 is 5.32 Å². The first kappa shape index (κ1) is 15.7. The van der Waals surface area contributed by atoms with Crippen molar-refractivity contribution in [2.75, 3.05) is 6.61 Å². The maximum atomic E-state index is 11.7. The number of carbonyl (C=O) groups excluding carboxylic acids is 1. The van der Waals surface area contributed by atoms with E-state index in [9.17, 15) is 4.79 Å². The summed E-state index contributed by atoms with van der Waals surface area (Å²) >= 11 is 0. The average molecular weight is 263 g/mol. The molecule has 19 heavy (non-hydrogen) atoms. The summed E-state index contributed by atoms with van der Waals surface area (Å²) in [5.41, 5.74) is 1.94. The molecule has 1 amide bonds. The number of nitrogens with one attached hydrogen (secondary N) is 1. The van der Waals surface area contributed by atoms with E-state index in [-0.39, 0.29) is 12.5 Å². The molecule has 2 N–H and O–H groups in total. The highest BCUT2D eigenvalue weighted by atomic mass is 16.3. The van der Waals surface area contributed by atoms with Gasteiger partial charge in [-0.3, -0.25) is 4.79 Å². The largest absolute Gasteiger partial charge is 0.394 e. The van der Waals surface area contributed by atoms with Crippen molar-refractivity contribution in [3.05, 3.63) is 35.4 Å². The van der Waals surface area contributed by atoms with Gasteiger partial charge >= 0.3 is 0 Å². The Labute approximate surface area is 116 Å². The van der Waals surface area contributed by atoms with Crippen LogP contribution in [0.25, 0.3) is 0 Å². The Morgan fingerprint density at radius 3 is 2.32 bits per heavy atom. The molecule has 0 radical (unpaired) electrons. The zero-order valence-corrected chi connectivity index (χ0v) is 12.4. The van der Waals surface area contributed by atoms with Crippen molar-refractivity contribution in [2.45, 2.75) is 52.0 Å². The van der Waals surface area contributed by atoms with Crippen LogP contribution in [-0.2, 0) is 11.2 Å². The lowest BCUT2D eigenvalue weighted by Gasteiger charge is -2.23. The Bertz CT molecular complexity index is 407. The maximum Gasteiger partial charge on any atom is 0.220 e. The molecule has 0 aliphatic rings. The first-order valence-electron chi connectivity index (χ1n) is 6.85. The van der Waals surface area contributed by atoms with E-state index in [0.29, 0.717) is 12.3 Å². The van der Waals surface area contributed by atoms with E-state index in [1.54, 1.807) is 0 Å². The second-order valence-electron chi connectivity index (χ2n) is 5.99. The van der Waals surface area contributed by atoms with Crippen molar-refractivity contribution in [1.29, 1.82) is 0 Å². The summed E-state index contributed by atoms with van der Waals surface area (Å²) in [6, 6.07) is 8.41. The topological polar surface area (TPSA) is 49.3 Å². The highest BCUT2D eigenvalue weighted by molar-refractivity contribution is 5.77. The van der Waals surface area contributed by atoms with Gasteiger partial charge in [-0.05, 0) is 37.3 Å². The highest BCUT2D eigenvalue weighted by Crippen LogP contribution is 2.15. The maximum absolute atomic E-state index is 11.7. The minimum atomic E-state index is -0.543. The molecule has 1 aromatic carbocycles. The summed E-state index contributed by atoms with van der Waals surface area (Å²) in [6.07, 6.45) is 1.18. The number of aliphatic hydroxyl groups excluding tert-OH is 1. The SMILES string of the molecule is CC(C)c1ccc(CCC(=O)NC(C)(C)CO)cc1. The number of aryl methyl sites for hydroxylation is 1. The van der Waals surface area contributed by atoms with E-state index in [1.807, 2.05) is 13.8 Å². The van der Waals surface area contributed by atoms with E-state index in [1.165, 1.54) is 11.1 Å². The van der Waals surface area contributed by atoms with Crippen molar-refractivity contribution in [3.8, 4) is 0 Å². The molecule has 0 heterocycles. The molecule has 0 unspecified atom stereocenters. The molecular formula is C16H25NO2. The molecule has 0 fully saturated rings. The number of hydrogen-bond donors (Lipinski definition) is 2. The number of aliphatic hydroxyl groups is 1. The summed E-state index contributed by atoms with van der Waals surface area (Å²) in [5, 5.41) is 11.9. The van der Waals surface area contributed by atoms with Crippen LogP contribution in [0.15, 0.2) is 24.3 Å². The predicted molar refractivity (Wildman–Crippen MR) is 78.2 cm³/mol. The highest BCUT2D eigenvalue weighted by Gasteiger charge is 2.18. The molecule has 1 aromatic rings. The molecule has 1 rings (SSSR count). The van der Waals surface area contributed by atoms with Gasteiger partial charge in [0, 0.05) is 6.42 Å². The van der Waals surface area contributed by atoms with Crippen molar-refractivity contribution in [2.24, 2.45) is 0 Å². The molecule has 0 aliphatic carbocycles. The second-order valence-corrected chi connectivity index (χ2v) is 5.99. The van der Waals surface area contributed by atoms with Crippen LogP contribution in [-0.4, -0.2) is 23.2 Å². The van der Waals surface area contributed by atoms with Gasteiger partial charge in [0.1, 0.15) is 0 Å². The number of rotatable bonds is 6. The molecule has 0 aliphatic heterocycles. The van der Waals surface area contributed by atoms with E-state index < -0.39 is 5.54 Å². The van der Waals surface area contributed by atoms with Crippen molar-refractivity contribution in [1.82, 2.24) is 5.32 Å². The minimum Gasteiger partial charge on any atom is -0.394 e. The van der Waals surface area contributed by atoms with Crippen LogP contribution in [0.3, 0.4) is 0 Å². The van der Waals surface area contributed by atoms with Gasteiger partial charge in [-0.1, -0.05) is 38.1 Å². The normalized spacial score (nSPS) is 11.7. The van der Waals surface area contributed by atoms with Gasteiger partial charge in [-0.15, -0.1) is 0 Å². The summed E-state index contributed by atoms with van der Waals surface area (Å²) in [7, 11) is 0. The quantitative estimate of drug-likeness (QED) is 0.829. The van der Waals surface area contributed by atoms with E-state index >= 15 is 0 Å². The molecule has 0 aromatic heterocycles. The van der Waals surface area contributed by atoms with Crippen LogP contribution in [0.4, 0.5) is 0 Å². The van der Waals surface area contributed by atoms with Gasteiger partial charge in [0.15, 0.2) is 0 Å². The zero-order valence-electron chi connectivity index (χ0n) is 12.4. The third kappa shape index (κ3) is 5.43. The molecule has 106 valence electrons. The van der Waals surface area contributed by atoms with Gasteiger partial charge in [0.2, 0.25) is 5.91 Å². The van der Waals surface area contributed by atoms with Crippen molar-refractivity contribution in [3.63, 3.8) is 0 Å². The van der Waals surface area contributed by atoms with E-state index in [4.69, 9.17) is 5.11 Å². The van der Waals surface area contributed by atoms with Crippen LogP contribution in [0.1, 0.15) is 51.2 Å². The van der Waals surface area contributed by atoms with Gasteiger partial charge in [-0.2, -0.15) is 0 Å². The number of carbonyl (C=O) groups is 1. The molecule has 0 saturated carbocycles. The van der Waals surface area contributed by atoms with Gasteiger partial charge in [0.25, 0.3) is 0 Å². The fourth-order valence-electron chi connectivity index (χ4n) is 1.81. The summed E-state index contributed by atoms with van der Waals surface area (Å²) in [6.45, 7) is 7.89. The molecule has 3 nitrogen and oxygen atoms in total. The van der Waals surface area contributed by atoms with Crippen LogP contribution in [0.2, 0.25) is 0 Å². The van der Waals surface area contributed by atoms with Crippen LogP contribution >= 0.6 is 0 Å². The first-order valence-corrected chi connectivity index (χ1v) is 6.85. The number of hydrogen-bond acceptors (Lipinski definition) is 2. The average Bonchev–Trinajstić information content (AvgIpc) is 2.36. The standard InChI is InChI=1S/C16H25NO2/c1-12(2)14-8-5-13(6-9-14)7-10-15(19)17-16(3,4)11-18/h5-6,8-9,12,18H,7,10-11H2,1-4H3,(H,17,19). The number of amides is 1. The molecule has 0 saturated heterocycles. The smallest absolute Gasteiger partial charge is 0.220 e. The molecule has 0 spiro atoms. The summed E-state index contributed by atoms with van der Waals surface area (Å²) in [4.78, 5) is 11.7. The van der Waals surface area contributed by atoms with Gasteiger partial charge in [-0.25, -0.2) is 0 Å². The Balaban J connectivity index is 2.46. The number of benzene rings is 1. The van der Waals surface area contributed by atoms with Crippen LogP contribution in [0.5, 0.6) is 0 Å². The lowest BCUT2D eigenvalue weighted by atomic mass is 10.00. The van der Waals surface area contributed by atoms with Crippen molar-refractivity contribution < 1.29 is 9.90 Å². The van der Waals surface area contributed by atoms with E-state index in [2.05, 4.69) is 43.4 Å². The molecule has 0 bridgehead atoms. The van der Waals surface area contributed by atoms with Crippen molar-refractivity contribution >= 4 is 5.91 Å². The predicted octanol–water partition coefficient (Wildman–Crippen LogP) is 2.63. The summed E-state index contributed by atoms with van der Waals surface area (Å²) in [5.74, 6) is 0.509. The van der Waals surface area contributed by atoms with E-state index in [0.717, 1.165) is 6.42 Å². The Kier molecular flexibility index (Phi) is 5.55. The first-order chi connectivity index (χ1) is 8.84. The fraction of sp³-hybridized carbons (Fsp3) is 0.562. The Morgan fingerprint density at radius 2 is 1.84 bits per heavy atom. The third-order valence-corrected chi connectivity index (χ3v) is 3.16. The van der Waals surface area contributed by atoms with Crippen LogP contribution in [0, 0.1) is 0 Å². The second kappa shape index (κ2) is 6.71. The summed E-state index contributed by atoms with van der Waals surface area (Å²) < 4.78 is 0. The lowest BCUT2D eigenvalue weighted by Crippen LogP contribution is -2.46. The molecular weight excluding hydrogens is 238 g/mol. The Hall–Kier alpha value is -1.35. The lowest BCUT2D eigenvalue weighted by molar-refractivity contribution is -0.123. The molecule has 0 atom stereocenters. The Morgan fingerprint density at radius 1 is 1.26 bits per heavy atom.